The van der Waals surface area contributed by atoms with Crippen LogP contribution >= 0.6 is 0 Å². The first kappa shape index (κ1) is 12.5. The van der Waals surface area contributed by atoms with Crippen molar-refractivity contribution in [1.29, 1.82) is 0 Å². The van der Waals surface area contributed by atoms with Crippen molar-refractivity contribution in [3.8, 4) is 0 Å². The zero-order valence-corrected chi connectivity index (χ0v) is 10.3. The number of hydrogen-bond donors (Lipinski definition) is 0. The van der Waals surface area contributed by atoms with Gasteiger partial charge in [-0.2, -0.15) is 0 Å². The second kappa shape index (κ2) is 5.61. The first-order chi connectivity index (χ1) is 8.15. The van der Waals surface area contributed by atoms with Crippen LogP contribution in [0.2, 0.25) is 0 Å². The molecule has 0 radical (unpaired) electrons. The number of rotatable bonds is 3. The molecule has 1 aliphatic rings. The van der Waals surface area contributed by atoms with E-state index in [9.17, 15) is 8.78 Å². The van der Waals surface area contributed by atoms with E-state index in [2.05, 4.69) is 6.92 Å². The molecule has 17 heavy (non-hydrogen) atoms. The fourth-order valence-corrected chi connectivity index (χ4v) is 2.70. The molecule has 0 N–H and O–H groups in total. The molecule has 0 bridgehead atoms. The Morgan fingerprint density at radius 2 is 1.65 bits per heavy atom. The summed E-state index contributed by atoms with van der Waals surface area (Å²) in [5, 5.41) is 0. The van der Waals surface area contributed by atoms with E-state index in [1.807, 2.05) is 24.3 Å². The standard InChI is InChI=1S/C15H20F2/c1-11-2-6-13(7-3-11)14-8-4-12(5-9-14)10-15(16)17/h4-5,8-9,11,13,15H,2-3,6-7,10H2,1H3. The third-order valence-electron chi connectivity index (χ3n) is 3.86. The molecular weight excluding hydrogens is 218 g/mol. The highest BCUT2D eigenvalue weighted by Gasteiger charge is 2.19. The Kier molecular flexibility index (Phi) is 4.14. The summed E-state index contributed by atoms with van der Waals surface area (Å²) in [7, 11) is 0. The van der Waals surface area contributed by atoms with Crippen molar-refractivity contribution in [3.63, 3.8) is 0 Å². The SMILES string of the molecule is CC1CCC(c2ccc(CC(F)F)cc2)CC1. The van der Waals surface area contributed by atoms with E-state index in [-0.39, 0.29) is 6.42 Å². The highest BCUT2D eigenvalue weighted by molar-refractivity contribution is 5.26. The monoisotopic (exact) mass is 238 g/mol. The first-order valence-electron chi connectivity index (χ1n) is 6.52. The molecule has 1 saturated carbocycles. The molecule has 0 unspecified atom stereocenters. The fourth-order valence-electron chi connectivity index (χ4n) is 2.70. The number of benzene rings is 1. The van der Waals surface area contributed by atoms with Crippen LogP contribution in [0.1, 0.15) is 49.7 Å². The van der Waals surface area contributed by atoms with E-state index in [1.54, 1.807) is 0 Å². The largest absolute Gasteiger partial charge is 0.242 e. The van der Waals surface area contributed by atoms with Gasteiger partial charge in [-0.25, -0.2) is 8.78 Å². The number of hydrogen-bond acceptors (Lipinski definition) is 0. The van der Waals surface area contributed by atoms with Gasteiger partial charge in [-0.05, 0) is 35.8 Å². The Balaban J connectivity index is 1.97. The van der Waals surface area contributed by atoms with Gasteiger partial charge in [0.2, 0.25) is 6.43 Å². The van der Waals surface area contributed by atoms with Gasteiger partial charge in [0.05, 0.1) is 0 Å². The molecule has 1 aliphatic carbocycles. The van der Waals surface area contributed by atoms with Crippen molar-refractivity contribution in [2.24, 2.45) is 5.92 Å². The van der Waals surface area contributed by atoms with Gasteiger partial charge in [0.1, 0.15) is 0 Å². The summed E-state index contributed by atoms with van der Waals surface area (Å²) in [6, 6.07) is 7.80. The normalized spacial score (nSPS) is 25.2. The maximum absolute atomic E-state index is 12.2. The molecular formula is C15H20F2. The van der Waals surface area contributed by atoms with Crippen molar-refractivity contribution < 1.29 is 8.78 Å². The lowest BCUT2D eigenvalue weighted by Gasteiger charge is -2.26. The molecule has 0 heterocycles. The summed E-state index contributed by atoms with van der Waals surface area (Å²) in [6.07, 6.45) is 2.72. The highest BCUT2D eigenvalue weighted by atomic mass is 19.3. The average molecular weight is 238 g/mol. The molecule has 0 nitrogen and oxygen atoms in total. The van der Waals surface area contributed by atoms with Crippen LogP contribution in [-0.4, -0.2) is 6.43 Å². The van der Waals surface area contributed by atoms with Crippen LogP contribution in [0.4, 0.5) is 8.78 Å². The van der Waals surface area contributed by atoms with E-state index < -0.39 is 6.43 Å². The summed E-state index contributed by atoms with van der Waals surface area (Å²) in [5.74, 6) is 1.50. The molecule has 94 valence electrons. The first-order valence-corrected chi connectivity index (χ1v) is 6.52. The molecule has 0 spiro atoms. The van der Waals surface area contributed by atoms with E-state index in [1.165, 1.54) is 31.2 Å². The fraction of sp³-hybridized carbons (Fsp3) is 0.600. The van der Waals surface area contributed by atoms with Gasteiger partial charge in [-0.1, -0.05) is 44.0 Å². The lowest BCUT2D eigenvalue weighted by atomic mass is 9.79. The topological polar surface area (TPSA) is 0 Å². The lowest BCUT2D eigenvalue weighted by Crippen LogP contribution is -2.10. The predicted octanol–water partition coefficient (Wildman–Crippen LogP) is 4.79. The zero-order valence-electron chi connectivity index (χ0n) is 10.3. The summed E-state index contributed by atoms with van der Waals surface area (Å²) >= 11 is 0. The van der Waals surface area contributed by atoms with Crippen molar-refractivity contribution in [3.05, 3.63) is 35.4 Å². The van der Waals surface area contributed by atoms with Gasteiger partial charge < -0.3 is 0 Å². The minimum absolute atomic E-state index is 0.123. The third kappa shape index (κ3) is 3.52. The second-order valence-electron chi connectivity index (χ2n) is 5.29. The Hall–Kier alpha value is -0.920. The van der Waals surface area contributed by atoms with Crippen LogP contribution in [-0.2, 0) is 6.42 Å². The quantitative estimate of drug-likeness (QED) is 0.710. The van der Waals surface area contributed by atoms with Gasteiger partial charge in [-0.15, -0.1) is 0 Å². The Bertz CT molecular complexity index is 334. The Morgan fingerprint density at radius 1 is 1.06 bits per heavy atom. The van der Waals surface area contributed by atoms with E-state index in [0.29, 0.717) is 5.92 Å². The van der Waals surface area contributed by atoms with Gasteiger partial charge in [0, 0.05) is 6.42 Å². The second-order valence-corrected chi connectivity index (χ2v) is 5.29. The Labute approximate surface area is 102 Å². The van der Waals surface area contributed by atoms with Gasteiger partial charge in [-0.3, -0.25) is 0 Å². The minimum Gasteiger partial charge on any atom is -0.210 e. The van der Waals surface area contributed by atoms with Crippen LogP contribution in [0.5, 0.6) is 0 Å². The van der Waals surface area contributed by atoms with Crippen LogP contribution < -0.4 is 0 Å². The third-order valence-corrected chi connectivity index (χ3v) is 3.86. The molecule has 0 aromatic heterocycles. The minimum atomic E-state index is -2.24. The van der Waals surface area contributed by atoms with Crippen molar-refractivity contribution in [1.82, 2.24) is 0 Å². The highest BCUT2D eigenvalue weighted by Crippen LogP contribution is 2.35. The molecule has 0 atom stereocenters. The van der Waals surface area contributed by atoms with Crippen LogP contribution in [0, 0.1) is 5.92 Å². The maximum Gasteiger partial charge on any atom is 0.242 e. The number of alkyl halides is 2. The molecule has 0 amide bonds. The average Bonchev–Trinajstić information content (AvgIpc) is 2.30. The molecule has 2 rings (SSSR count). The van der Waals surface area contributed by atoms with Crippen LogP contribution in [0.3, 0.4) is 0 Å². The molecule has 0 aliphatic heterocycles. The molecule has 0 saturated heterocycles. The summed E-state index contributed by atoms with van der Waals surface area (Å²) in [6.45, 7) is 2.31. The Morgan fingerprint density at radius 3 is 2.18 bits per heavy atom. The number of halogens is 2. The molecule has 2 heteroatoms. The maximum atomic E-state index is 12.2. The van der Waals surface area contributed by atoms with Crippen molar-refractivity contribution in [2.75, 3.05) is 0 Å². The van der Waals surface area contributed by atoms with Gasteiger partial charge in [0.15, 0.2) is 0 Å². The molecule has 1 aromatic rings. The zero-order chi connectivity index (χ0) is 12.3. The van der Waals surface area contributed by atoms with E-state index in [4.69, 9.17) is 0 Å². The summed E-state index contributed by atoms with van der Waals surface area (Å²) in [5.41, 5.74) is 2.07. The van der Waals surface area contributed by atoms with Crippen molar-refractivity contribution in [2.45, 2.75) is 51.4 Å². The van der Waals surface area contributed by atoms with Crippen molar-refractivity contribution >= 4 is 0 Å². The lowest BCUT2D eigenvalue weighted by molar-refractivity contribution is 0.149. The van der Waals surface area contributed by atoms with E-state index >= 15 is 0 Å². The summed E-state index contributed by atoms with van der Waals surface area (Å²) < 4.78 is 24.4. The predicted molar refractivity (Wildman–Crippen MR) is 66.5 cm³/mol. The molecule has 1 aromatic carbocycles. The van der Waals surface area contributed by atoms with E-state index in [0.717, 1.165) is 11.5 Å². The van der Waals surface area contributed by atoms with Crippen LogP contribution in [0.15, 0.2) is 24.3 Å². The smallest absolute Gasteiger partial charge is 0.210 e. The van der Waals surface area contributed by atoms with Gasteiger partial charge in [0.25, 0.3) is 0 Å². The molecule has 1 fully saturated rings. The summed E-state index contributed by atoms with van der Waals surface area (Å²) in [4.78, 5) is 0. The van der Waals surface area contributed by atoms with Gasteiger partial charge >= 0.3 is 0 Å². The van der Waals surface area contributed by atoms with Crippen LogP contribution in [0.25, 0.3) is 0 Å².